The number of phenolic OH excluding ortho intramolecular Hbond substituents is 2. The Kier molecular flexibility index (Phi) is 3.10. The summed E-state index contributed by atoms with van der Waals surface area (Å²) in [6.45, 7) is 0.148. The topological polar surface area (TPSA) is 95.7 Å². The van der Waals surface area contributed by atoms with Crippen LogP contribution < -0.4 is 11.6 Å². The second-order valence-corrected chi connectivity index (χ2v) is 3.20. The predicted molar refractivity (Wildman–Crippen MR) is 56.3 cm³/mol. The number of benzene rings is 1. The molecule has 0 aliphatic heterocycles. The van der Waals surface area contributed by atoms with Crippen molar-refractivity contribution < 1.29 is 10.2 Å². The van der Waals surface area contributed by atoms with Crippen LogP contribution in [-0.4, -0.2) is 20.3 Å². The van der Waals surface area contributed by atoms with Gasteiger partial charge in [0.25, 0.3) is 0 Å². The molecule has 76 valence electrons. The third kappa shape index (κ3) is 2.48. The Hall–Kier alpha value is -1.53. The minimum atomic E-state index is 0.0211. The van der Waals surface area contributed by atoms with Crippen LogP contribution in [0.25, 0.3) is 0 Å². The molecule has 0 aromatic heterocycles. The standard InChI is InChI=1S/C8H11N3O2S/c9-8(14)11(10)4-5-3-6(12)1-2-7(5)13/h1-3,12-13H,4,10H2,(H2,9,14). The maximum absolute atomic E-state index is 9.39. The van der Waals surface area contributed by atoms with Crippen LogP contribution in [-0.2, 0) is 6.54 Å². The highest BCUT2D eigenvalue weighted by atomic mass is 32.1. The summed E-state index contributed by atoms with van der Waals surface area (Å²) in [5, 5.41) is 19.7. The summed E-state index contributed by atoms with van der Waals surface area (Å²) < 4.78 is 0. The summed E-state index contributed by atoms with van der Waals surface area (Å²) in [6.07, 6.45) is 0. The van der Waals surface area contributed by atoms with Crippen molar-refractivity contribution in [3.8, 4) is 11.5 Å². The lowest BCUT2D eigenvalue weighted by molar-refractivity contribution is 0.407. The lowest BCUT2D eigenvalue weighted by Crippen LogP contribution is -2.40. The van der Waals surface area contributed by atoms with Crippen molar-refractivity contribution in [2.45, 2.75) is 6.54 Å². The number of nitrogens with zero attached hydrogens (tertiary/aromatic N) is 1. The van der Waals surface area contributed by atoms with Gasteiger partial charge in [0, 0.05) is 5.56 Å². The molecule has 0 bridgehead atoms. The minimum absolute atomic E-state index is 0.0211. The van der Waals surface area contributed by atoms with Crippen LogP contribution in [0.3, 0.4) is 0 Å². The third-order valence-corrected chi connectivity index (χ3v) is 1.92. The summed E-state index contributed by atoms with van der Waals surface area (Å²) in [4.78, 5) is 0. The molecule has 0 radical (unpaired) electrons. The smallest absolute Gasteiger partial charge is 0.180 e. The Labute approximate surface area is 86.5 Å². The van der Waals surface area contributed by atoms with Gasteiger partial charge in [0.1, 0.15) is 11.5 Å². The zero-order chi connectivity index (χ0) is 10.7. The number of hydrazine groups is 1. The van der Waals surface area contributed by atoms with E-state index in [9.17, 15) is 5.11 Å². The van der Waals surface area contributed by atoms with Gasteiger partial charge in [-0.15, -0.1) is 0 Å². The summed E-state index contributed by atoms with van der Waals surface area (Å²) in [7, 11) is 0. The second-order valence-electron chi connectivity index (χ2n) is 2.78. The molecule has 0 aliphatic carbocycles. The molecule has 0 aliphatic rings. The molecule has 0 unspecified atom stereocenters. The van der Waals surface area contributed by atoms with Gasteiger partial charge in [-0.25, -0.2) is 5.84 Å². The van der Waals surface area contributed by atoms with Gasteiger partial charge < -0.3 is 15.9 Å². The van der Waals surface area contributed by atoms with Crippen LogP contribution in [0.2, 0.25) is 0 Å². The molecule has 0 heterocycles. The third-order valence-electron chi connectivity index (χ3n) is 1.69. The van der Waals surface area contributed by atoms with Crippen molar-refractivity contribution in [1.82, 2.24) is 5.01 Å². The van der Waals surface area contributed by atoms with Crippen LogP contribution in [0.4, 0.5) is 0 Å². The van der Waals surface area contributed by atoms with E-state index >= 15 is 0 Å². The van der Waals surface area contributed by atoms with Crippen LogP contribution in [0.5, 0.6) is 11.5 Å². The Morgan fingerprint density at radius 2 is 2.07 bits per heavy atom. The van der Waals surface area contributed by atoms with Gasteiger partial charge in [0.2, 0.25) is 0 Å². The van der Waals surface area contributed by atoms with E-state index in [1.165, 1.54) is 18.2 Å². The number of aromatic hydroxyl groups is 2. The average Bonchev–Trinajstić information content (AvgIpc) is 2.11. The molecule has 1 rings (SSSR count). The first kappa shape index (κ1) is 10.6. The molecule has 0 fully saturated rings. The van der Waals surface area contributed by atoms with E-state index in [1.54, 1.807) is 0 Å². The van der Waals surface area contributed by atoms with Crippen molar-refractivity contribution in [3.63, 3.8) is 0 Å². The Bertz CT molecular complexity index is 356. The summed E-state index contributed by atoms with van der Waals surface area (Å²) in [5.74, 6) is 5.53. The van der Waals surface area contributed by atoms with Crippen LogP contribution in [0, 0.1) is 0 Å². The largest absolute Gasteiger partial charge is 0.508 e. The van der Waals surface area contributed by atoms with E-state index < -0.39 is 0 Å². The van der Waals surface area contributed by atoms with Gasteiger partial charge in [-0.1, -0.05) is 0 Å². The quantitative estimate of drug-likeness (QED) is 0.239. The average molecular weight is 213 g/mol. The maximum atomic E-state index is 9.39. The number of phenols is 2. The maximum Gasteiger partial charge on any atom is 0.180 e. The normalized spacial score (nSPS) is 9.79. The molecule has 6 heteroatoms. The number of hydrogen-bond acceptors (Lipinski definition) is 4. The second kappa shape index (κ2) is 4.12. The van der Waals surface area contributed by atoms with E-state index in [0.717, 1.165) is 5.01 Å². The van der Waals surface area contributed by atoms with E-state index in [-0.39, 0.29) is 23.2 Å². The molecule has 1 aromatic carbocycles. The Balaban J connectivity index is 2.85. The molecular formula is C8H11N3O2S. The first-order chi connectivity index (χ1) is 6.50. The summed E-state index contributed by atoms with van der Waals surface area (Å²) in [6, 6.07) is 4.14. The van der Waals surface area contributed by atoms with Crippen LogP contribution in [0.1, 0.15) is 5.56 Å². The van der Waals surface area contributed by atoms with E-state index in [0.29, 0.717) is 5.56 Å². The molecule has 0 saturated heterocycles. The Morgan fingerprint density at radius 3 is 2.64 bits per heavy atom. The van der Waals surface area contributed by atoms with Gasteiger partial charge in [-0.05, 0) is 30.4 Å². The van der Waals surface area contributed by atoms with Crippen molar-refractivity contribution in [3.05, 3.63) is 23.8 Å². The lowest BCUT2D eigenvalue weighted by Gasteiger charge is -2.16. The van der Waals surface area contributed by atoms with Crippen molar-refractivity contribution in [2.75, 3.05) is 0 Å². The molecule has 6 N–H and O–H groups in total. The molecule has 0 amide bonds. The predicted octanol–water partition coefficient (Wildman–Crippen LogP) is 0.0171. The highest BCUT2D eigenvalue weighted by Crippen LogP contribution is 2.22. The number of thiocarbonyl (C=S) groups is 1. The SMILES string of the molecule is NC(=S)N(N)Cc1cc(O)ccc1O. The van der Waals surface area contributed by atoms with Crippen molar-refractivity contribution >= 4 is 17.3 Å². The highest BCUT2D eigenvalue weighted by Gasteiger charge is 2.07. The molecule has 0 saturated carbocycles. The molecule has 14 heavy (non-hydrogen) atoms. The van der Waals surface area contributed by atoms with Gasteiger partial charge in [0.15, 0.2) is 5.11 Å². The van der Waals surface area contributed by atoms with Crippen molar-refractivity contribution in [2.24, 2.45) is 11.6 Å². The van der Waals surface area contributed by atoms with Gasteiger partial charge in [-0.3, -0.25) is 5.01 Å². The highest BCUT2D eigenvalue weighted by molar-refractivity contribution is 7.80. The lowest BCUT2D eigenvalue weighted by atomic mass is 10.2. The monoisotopic (exact) mass is 213 g/mol. The number of nitrogens with two attached hydrogens (primary N) is 2. The molecule has 1 aromatic rings. The summed E-state index contributed by atoms with van der Waals surface area (Å²) >= 11 is 4.63. The first-order valence-electron chi connectivity index (χ1n) is 3.83. The zero-order valence-electron chi connectivity index (χ0n) is 7.34. The molecule has 5 nitrogen and oxygen atoms in total. The Morgan fingerprint density at radius 1 is 1.43 bits per heavy atom. The van der Waals surface area contributed by atoms with E-state index in [2.05, 4.69) is 12.2 Å². The first-order valence-corrected chi connectivity index (χ1v) is 4.24. The van der Waals surface area contributed by atoms with Crippen LogP contribution in [0.15, 0.2) is 18.2 Å². The van der Waals surface area contributed by atoms with Crippen molar-refractivity contribution in [1.29, 1.82) is 0 Å². The van der Waals surface area contributed by atoms with E-state index in [1.807, 2.05) is 0 Å². The summed E-state index contributed by atoms with van der Waals surface area (Å²) in [5.41, 5.74) is 5.72. The van der Waals surface area contributed by atoms with Crippen LogP contribution >= 0.6 is 12.2 Å². The minimum Gasteiger partial charge on any atom is -0.508 e. The fourth-order valence-corrected chi connectivity index (χ4v) is 1.02. The molecule has 0 spiro atoms. The van der Waals surface area contributed by atoms with Gasteiger partial charge in [0.05, 0.1) is 6.54 Å². The van der Waals surface area contributed by atoms with Gasteiger partial charge >= 0.3 is 0 Å². The zero-order valence-corrected chi connectivity index (χ0v) is 8.16. The number of hydrogen-bond donors (Lipinski definition) is 4. The number of rotatable bonds is 2. The van der Waals surface area contributed by atoms with E-state index in [4.69, 9.17) is 16.7 Å². The molecule has 0 atom stereocenters. The fraction of sp³-hybridized carbons (Fsp3) is 0.125. The molecular weight excluding hydrogens is 202 g/mol. The fourth-order valence-electron chi connectivity index (χ4n) is 0.960. The van der Waals surface area contributed by atoms with Gasteiger partial charge in [-0.2, -0.15) is 0 Å².